The van der Waals surface area contributed by atoms with Crippen LogP contribution in [0.2, 0.25) is 0 Å². The van der Waals surface area contributed by atoms with Gasteiger partial charge in [-0.2, -0.15) is 0 Å². The highest BCUT2D eigenvalue weighted by molar-refractivity contribution is 6.03. The van der Waals surface area contributed by atoms with Crippen LogP contribution < -0.4 is 5.32 Å². The number of amides is 1. The average molecular weight is 342 g/mol. The van der Waals surface area contributed by atoms with Gasteiger partial charge in [0.25, 0.3) is 5.91 Å². The lowest BCUT2D eigenvalue weighted by atomic mass is 10.2. The molecule has 3 aromatic rings. The highest BCUT2D eigenvalue weighted by atomic mass is 19.1. The molecule has 7 heteroatoms. The van der Waals surface area contributed by atoms with Crippen LogP contribution in [0.5, 0.6) is 0 Å². The Kier molecular flexibility index (Phi) is 4.74. The number of fused-ring (bicyclic) bond motifs is 1. The number of ether oxygens (including phenoxy) is 1. The van der Waals surface area contributed by atoms with Gasteiger partial charge in [-0.25, -0.2) is 14.2 Å². The molecule has 2 aromatic carbocycles. The average Bonchev–Trinajstić information content (AvgIpc) is 3.10. The van der Waals surface area contributed by atoms with Gasteiger partial charge in [-0.05, 0) is 42.8 Å². The van der Waals surface area contributed by atoms with Crippen molar-refractivity contribution in [2.45, 2.75) is 19.4 Å². The predicted molar refractivity (Wildman–Crippen MR) is 88.5 cm³/mol. The number of aromatic nitrogens is 1. The highest BCUT2D eigenvalue weighted by Crippen LogP contribution is 2.19. The zero-order valence-electron chi connectivity index (χ0n) is 13.4. The van der Waals surface area contributed by atoms with Gasteiger partial charge in [0.15, 0.2) is 18.1 Å². The van der Waals surface area contributed by atoms with Crippen LogP contribution in [0.25, 0.3) is 11.1 Å². The van der Waals surface area contributed by atoms with Gasteiger partial charge in [0.05, 0.1) is 5.56 Å². The maximum atomic E-state index is 12.9. The summed E-state index contributed by atoms with van der Waals surface area (Å²) in [6.07, 6.45) is 0.535. The monoisotopic (exact) mass is 342 g/mol. The lowest BCUT2D eigenvalue weighted by Gasteiger charge is -2.16. The van der Waals surface area contributed by atoms with Crippen LogP contribution in [0.4, 0.5) is 10.1 Å². The number of rotatable bonds is 5. The van der Waals surface area contributed by atoms with E-state index in [4.69, 9.17) is 9.15 Å². The van der Waals surface area contributed by atoms with E-state index in [1.54, 1.807) is 25.1 Å². The fourth-order valence-corrected chi connectivity index (χ4v) is 2.32. The Bertz CT molecular complexity index is 905. The molecule has 1 N–H and O–H groups in total. The molecule has 0 spiro atoms. The number of halogens is 1. The quantitative estimate of drug-likeness (QED) is 0.717. The molecule has 0 bridgehead atoms. The molecule has 6 nitrogen and oxygen atoms in total. The summed E-state index contributed by atoms with van der Waals surface area (Å²) in [7, 11) is 0. The number of carbonyl (C=O) groups is 2. The molecule has 0 aliphatic carbocycles. The molecule has 128 valence electrons. The zero-order valence-corrected chi connectivity index (χ0v) is 13.4. The molecule has 1 heterocycles. The molecule has 0 saturated heterocycles. The van der Waals surface area contributed by atoms with Crippen molar-refractivity contribution in [3.63, 3.8) is 0 Å². The van der Waals surface area contributed by atoms with Crippen LogP contribution in [0.3, 0.4) is 0 Å². The largest absolute Gasteiger partial charge is 0.449 e. The van der Waals surface area contributed by atoms with Crippen LogP contribution in [-0.2, 0) is 9.53 Å². The normalized spacial score (nSPS) is 11.9. The van der Waals surface area contributed by atoms with Gasteiger partial charge in [0.1, 0.15) is 11.3 Å². The van der Waals surface area contributed by atoms with E-state index in [0.717, 1.165) is 0 Å². The first-order chi connectivity index (χ1) is 12.1. The Hall–Kier alpha value is -3.22. The van der Waals surface area contributed by atoms with E-state index in [9.17, 15) is 14.0 Å². The Morgan fingerprint density at radius 3 is 2.72 bits per heavy atom. The number of para-hydroxylation sites is 1. The smallest absolute Gasteiger partial charge is 0.341 e. The van der Waals surface area contributed by atoms with Crippen molar-refractivity contribution in [3.05, 3.63) is 60.2 Å². The van der Waals surface area contributed by atoms with E-state index in [0.29, 0.717) is 16.8 Å². The zero-order chi connectivity index (χ0) is 17.8. The summed E-state index contributed by atoms with van der Waals surface area (Å²) in [4.78, 5) is 28.7. The van der Waals surface area contributed by atoms with Crippen molar-refractivity contribution in [1.82, 2.24) is 4.98 Å². The van der Waals surface area contributed by atoms with E-state index in [1.165, 1.54) is 30.7 Å². The van der Waals surface area contributed by atoms with Gasteiger partial charge >= 0.3 is 5.97 Å². The Labute approximate surface area is 142 Å². The summed E-state index contributed by atoms with van der Waals surface area (Å²) >= 11 is 0. The molecule has 1 atom stereocenters. The number of hydrogen-bond donors (Lipinski definition) is 1. The second kappa shape index (κ2) is 7.12. The maximum absolute atomic E-state index is 12.9. The molecular formula is C18H15FN2O4. The van der Waals surface area contributed by atoms with Gasteiger partial charge in [-0.1, -0.05) is 13.0 Å². The molecule has 25 heavy (non-hydrogen) atoms. The summed E-state index contributed by atoms with van der Waals surface area (Å²) in [5.41, 5.74) is 1.47. The van der Waals surface area contributed by atoms with Gasteiger partial charge in [-0.15, -0.1) is 0 Å². The van der Waals surface area contributed by atoms with Crippen LogP contribution >= 0.6 is 0 Å². The van der Waals surface area contributed by atoms with Crippen LogP contribution in [-0.4, -0.2) is 23.0 Å². The topological polar surface area (TPSA) is 81.4 Å². The molecule has 1 amide bonds. The van der Waals surface area contributed by atoms with E-state index >= 15 is 0 Å². The molecule has 0 saturated carbocycles. The lowest BCUT2D eigenvalue weighted by Crippen LogP contribution is -2.32. The van der Waals surface area contributed by atoms with Crippen molar-refractivity contribution >= 4 is 28.7 Å². The fraction of sp³-hybridized carbons (Fsp3) is 0.167. The summed E-state index contributed by atoms with van der Waals surface area (Å²) in [5, 5.41) is 2.59. The summed E-state index contributed by atoms with van der Waals surface area (Å²) in [6.45, 7) is 1.72. The SMILES string of the molecule is CCC(OC(=O)c1cccc2ocnc12)C(=O)Nc1ccc(F)cc1. The van der Waals surface area contributed by atoms with Gasteiger partial charge < -0.3 is 14.5 Å². The van der Waals surface area contributed by atoms with Crippen LogP contribution in [0, 0.1) is 5.82 Å². The number of benzene rings is 2. The first-order valence-electron chi connectivity index (χ1n) is 7.68. The second-order valence-electron chi connectivity index (χ2n) is 5.30. The summed E-state index contributed by atoms with van der Waals surface area (Å²) < 4.78 is 23.4. The second-order valence-corrected chi connectivity index (χ2v) is 5.30. The minimum Gasteiger partial charge on any atom is -0.449 e. The summed E-state index contributed by atoms with van der Waals surface area (Å²) in [5.74, 6) is -1.56. The van der Waals surface area contributed by atoms with E-state index in [1.807, 2.05) is 0 Å². The molecular weight excluding hydrogens is 327 g/mol. The number of hydrogen-bond acceptors (Lipinski definition) is 5. The van der Waals surface area contributed by atoms with Crippen molar-refractivity contribution in [2.75, 3.05) is 5.32 Å². The summed E-state index contributed by atoms with van der Waals surface area (Å²) in [6, 6.07) is 10.2. The van der Waals surface area contributed by atoms with E-state index < -0.39 is 23.8 Å². The minimum atomic E-state index is -0.986. The van der Waals surface area contributed by atoms with Gasteiger partial charge in [0, 0.05) is 5.69 Å². The highest BCUT2D eigenvalue weighted by Gasteiger charge is 2.24. The van der Waals surface area contributed by atoms with Crippen molar-refractivity contribution < 1.29 is 23.1 Å². The van der Waals surface area contributed by atoms with E-state index in [-0.39, 0.29) is 12.0 Å². The minimum absolute atomic E-state index is 0.222. The van der Waals surface area contributed by atoms with Gasteiger partial charge in [0.2, 0.25) is 0 Å². The Balaban J connectivity index is 1.72. The molecule has 1 aromatic heterocycles. The Morgan fingerprint density at radius 2 is 2.00 bits per heavy atom. The third-order valence-corrected chi connectivity index (χ3v) is 3.60. The molecule has 0 aliphatic heterocycles. The van der Waals surface area contributed by atoms with Crippen LogP contribution in [0.1, 0.15) is 23.7 Å². The first kappa shape index (κ1) is 16.6. The predicted octanol–water partition coefficient (Wildman–Crippen LogP) is 3.54. The number of esters is 1. The lowest BCUT2D eigenvalue weighted by molar-refractivity contribution is -0.124. The molecule has 1 unspecified atom stereocenters. The third kappa shape index (κ3) is 3.65. The Morgan fingerprint density at radius 1 is 1.24 bits per heavy atom. The fourth-order valence-electron chi connectivity index (χ4n) is 2.32. The van der Waals surface area contributed by atoms with Crippen molar-refractivity contribution in [1.29, 1.82) is 0 Å². The van der Waals surface area contributed by atoms with Crippen molar-refractivity contribution in [2.24, 2.45) is 0 Å². The molecule has 3 rings (SSSR count). The number of nitrogens with one attached hydrogen (secondary N) is 1. The van der Waals surface area contributed by atoms with E-state index in [2.05, 4.69) is 10.3 Å². The first-order valence-corrected chi connectivity index (χ1v) is 7.68. The standard InChI is InChI=1S/C18H15FN2O4/c1-2-14(17(22)21-12-8-6-11(19)7-9-12)25-18(23)13-4-3-5-15-16(13)20-10-24-15/h3-10,14H,2H2,1H3,(H,21,22). The third-order valence-electron chi connectivity index (χ3n) is 3.60. The maximum Gasteiger partial charge on any atom is 0.341 e. The number of carbonyl (C=O) groups excluding carboxylic acids is 2. The molecule has 0 fully saturated rings. The number of nitrogens with zero attached hydrogens (tertiary/aromatic N) is 1. The molecule has 0 radical (unpaired) electrons. The van der Waals surface area contributed by atoms with Crippen molar-refractivity contribution in [3.8, 4) is 0 Å². The number of oxazole rings is 1. The van der Waals surface area contributed by atoms with Gasteiger partial charge in [-0.3, -0.25) is 4.79 Å². The molecule has 0 aliphatic rings. The van der Waals surface area contributed by atoms with Crippen LogP contribution in [0.15, 0.2) is 53.3 Å². The number of anilines is 1.